The lowest BCUT2D eigenvalue weighted by atomic mass is 9.87. The van der Waals surface area contributed by atoms with E-state index in [0.717, 1.165) is 25.7 Å². The van der Waals surface area contributed by atoms with E-state index in [1.165, 1.54) is 0 Å². The summed E-state index contributed by atoms with van der Waals surface area (Å²) in [6.45, 7) is 0.624. The van der Waals surface area contributed by atoms with Crippen LogP contribution in [0.25, 0.3) is 0 Å². The number of aliphatic hydroxyl groups excluding tert-OH is 1. The predicted octanol–water partition coefficient (Wildman–Crippen LogP) is -0.0803. The summed E-state index contributed by atoms with van der Waals surface area (Å²) in [6.07, 6.45) is 4.09. The minimum atomic E-state index is -0.193. The number of rotatable bonds is 3. The smallest absolute Gasteiger partial charge is 0.267 e. The van der Waals surface area contributed by atoms with Gasteiger partial charge in [0.2, 0.25) is 5.91 Å². The summed E-state index contributed by atoms with van der Waals surface area (Å²) in [5.74, 6) is 0.102. The Morgan fingerprint density at radius 1 is 1.33 bits per heavy atom. The first-order chi connectivity index (χ1) is 8.65. The van der Waals surface area contributed by atoms with Crippen LogP contribution < -0.4 is 10.7 Å². The number of nitrogens with zero attached hydrogens (tertiary/aromatic N) is 1. The largest absolute Gasteiger partial charge is 0.393 e. The Labute approximate surface area is 106 Å². The minimum absolute atomic E-state index is 0.146. The molecule has 0 aromatic carbocycles. The van der Waals surface area contributed by atoms with Gasteiger partial charge in [-0.05, 0) is 31.6 Å². The van der Waals surface area contributed by atoms with Crippen LogP contribution in [0, 0.1) is 5.92 Å². The maximum absolute atomic E-state index is 11.8. The minimum Gasteiger partial charge on any atom is -0.393 e. The standard InChI is InChI=1S/C12H19N3O3/c16-9-3-1-8(2-4-9)7-13-12(18)10-5-6-11(17)15-14-10/h8-9,16H,1-7H2,(H,13,18)(H,15,17). The van der Waals surface area contributed by atoms with Gasteiger partial charge in [0.25, 0.3) is 5.91 Å². The Kier molecular flexibility index (Phi) is 4.30. The van der Waals surface area contributed by atoms with Crippen molar-refractivity contribution in [2.24, 2.45) is 11.0 Å². The first-order valence-electron chi connectivity index (χ1n) is 6.47. The fourth-order valence-corrected chi connectivity index (χ4v) is 2.33. The number of hydrogen-bond donors (Lipinski definition) is 3. The molecule has 0 aromatic heterocycles. The van der Waals surface area contributed by atoms with E-state index in [-0.39, 0.29) is 17.9 Å². The number of carbonyl (C=O) groups is 2. The fourth-order valence-electron chi connectivity index (χ4n) is 2.33. The number of hydrogen-bond acceptors (Lipinski definition) is 4. The van der Waals surface area contributed by atoms with Gasteiger partial charge >= 0.3 is 0 Å². The molecule has 2 aliphatic rings. The summed E-state index contributed by atoms with van der Waals surface area (Å²) >= 11 is 0. The normalized spacial score (nSPS) is 28.3. The van der Waals surface area contributed by atoms with Gasteiger partial charge in [-0.1, -0.05) is 0 Å². The Morgan fingerprint density at radius 2 is 2.06 bits per heavy atom. The van der Waals surface area contributed by atoms with E-state index in [1.807, 2.05) is 0 Å². The third kappa shape index (κ3) is 3.53. The zero-order valence-electron chi connectivity index (χ0n) is 10.3. The van der Waals surface area contributed by atoms with Crippen LogP contribution in [0.3, 0.4) is 0 Å². The molecule has 100 valence electrons. The van der Waals surface area contributed by atoms with Crippen LogP contribution in [-0.2, 0) is 9.59 Å². The quantitative estimate of drug-likeness (QED) is 0.657. The molecule has 6 nitrogen and oxygen atoms in total. The molecule has 0 atom stereocenters. The van der Waals surface area contributed by atoms with E-state index in [2.05, 4.69) is 15.8 Å². The van der Waals surface area contributed by atoms with Crippen molar-refractivity contribution in [1.82, 2.24) is 10.7 Å². The summed E-state index contributed by atoms with van der Waals surface area (Å²) in [5, 5.41) is 16.0. The van der Waals surface area contributed by atoms with Gasteiger partial charge in [-0.2, -0.15) is 5.10 Å². The first kappa shape index (κ1) is 13.0. The lowest BCUT2D eigenvalue weighted by Gasteiger charge is -2.25. The zero-order chi connectivity index (χ0) is 13.0. The van der Waals surface area contributed by atoms with Gasteiger partial charge in [0, 0.05) is 19.4 Å². The molecule has 2 rings (SSSR count). The number of amides is 2. The molecule has 0 saturated heterocycles. The van der Waals surface area contributed by atoms with E-state index in [1.54, 1.807) is 0 Å². The molecule has 3 N–H and O–H groups in total. The molecule has 2 amide bonds. The predicted molar refractivity (Wildman–Crippen MR) is 65.8 cm³/mol. The molecule has 18 heavy (non-hydrogen) atoms. The number of carbonyl (C=O) groups excluding carboxylic acids is 2. The maximum Gasteiger partial charge on any atom is 0.267 e. The Balaban J connectivity index is 1.73. The van der Waals surface area contributed by atoms with Crippen molar-refractivity contribution in [3.63, 3.8) is 0 Å². The van der Waals surface area contributed by atoms with Gasteiger partial charge in [-0.3, -0.25) is 9.59 Å². The van der Waals surface area contributed by atoms with Crippen LogP contribution in [0.1, 0.15) is 38.5 Å². The molecule has 0 bridgehead atoms. The third-order valence-electron chi connectivity index (χ3n) is 3.53. The second-order valence-corrected chi connectivity index (χ2v) is 4.98. The van der Waals surface area contributed by atoms with E-state index in [4.69, 9.17) is 0 Å². The summed E-state index contributed by atoms with van der Waals surface area (Å²) in [4.78, 5) is 22.7. The Hall–Kier alpha value is -1.43. The first-order valence-corrected chi connectivity index (χ1v) is 6.47. The second kappa shape index (κ2) is 5.95. The molecule has 6 heteroatoms. The van der Waals surface area contributed by atoms with Crippen molar-refractivity contribution in [2.45, 2.75) is 44.6 Å². The highest BCUT2D eigenvalue weighted by Gasteiger charge is 2.22. The van der Waals surface area contributed by atoms with Crippen molar-refractivity contribution in [2.75, 3.05) is 6.54 Å². The average molecular weight is 253 g/mol. The zero-order valence-corrected chi connectivity index (χ0v) is 10.3. The molecule has 0 radical (unpaired) electrons. The molecular weight excluding hydrogens is 234 g/mol. The van der Waals surface area contributed by atoms with Crippen molar-refractivity contribution in [1.29, 1.82) is 0 Å². The topological polar surface area (TPSA) is 90.8 Å². The highest BCUT2D eigenvalue weighted by Crippen LogP contribution is 2.23. The van der Waals surface area contributed by atoms with Crippen LogP contribution in [0.5, 0.6) is 0 Å². The number of hydrazone groups is 1. The Morgan fingerprint density at radius 3 is 2.67 bits per heavy atom. The molecular formula is C12H19N3O3. The fraction of sp³-hybridized carbons (Fsp3) is 0.750. The molecule has 1 aliphatic carbocycles. The number of aliphatic hydroxyl groups is 1. The third-order valence-corrected chi connectivity index (χ3v) is 3.53. The maximum atomic E-state index is 11.8. The summed E-state index contributed by atoms with van der Waals surface area (Å²) < 4.78 is 0. The number of nitrogens with one attached hydrogen (secondary N) is 2. The van der Waals surface area contributed by atoms with Crippen molar-refractivity contribution in [3.05, 3.63) is 0 Å². The summed E-state index contributed by atoms with van der Waals surface area (Å²) in [5.41, 5.74) is 2.71. The van der Waals surface area contributed by atoms with Crippen LogP contribution in [-0.4, -0.2) is 35.3 Å². The van der Waals surface area contributed by atoms with E-state index < -0.39 is 0 Å². The van der Waals surface area contributed by atoms with Crippen molar-refractivity contribution < 1.29 is 14.7 Å². The van der Waals surface area contributed by atoms with Gasteiger partial charge in [0.05, 0.1) is 6.10 Å². The van der Waals surface area contributed by atoms with Crippen LogP contribution in [0.2, 0.25) is 0 Å². The molecule has 0 aromatic rings. The van der Waals surface area contributed by atoms with Crippen molar-refractivity contribution in [3.8, 4) is 0 Å². The average Bonchev–Trinajstić information content (AvgIpc) is 2.38. The molecule has 0 spiro atoms. The van der Waals surface area contributed by atoms with Crippen molar-refractivity contribution >= 4 is 17.5 Å². The van der Waals surface area contributed by atoms with Crippen LogP contribution in [0.15, 0.2) is 5.10 Å². The highest BCUT2D eigenvalue weighted by atomic mass is 16.3. The lowest BCUT2D eigenvalue weighted by molar-refractivity contribution is -0.121. The molecule has 1 aliphatic heterocycles. The van der Waals surface area contributed by atoms with Gasteiger partial charge < -0.3 is 10.4 Å². The van der Waals surface area contributed by atoms with E-state index in [9.17, 15) is 14.7 Å². The molecule has 0 unspecified atom stereocenters. The lowest BCUT2D eigenvalue weighted by Crippen LogP contribution is -2.39. The monoisotopic (exact) mass is 253 g/mol. The van der Waals surface area contributed by atoms with Gasteiger partial charge in [0.15, 0.2) is 0 Å². The summed E-state index contributed by atoms with van der Waals surface area (Å²) in [7, 11) is 0. The highest BCUT2D eigenvalue weighted by molar-refractivity contribution is 6.39. The van der Waals surface area contributed by atoms with Gasteiger partial charge in [-0.15, -0.1) is 0 Å². The second-order valence-electron chi connectivity index (χ2n) is 4.98. The molecule has 1 heterocycles. The van der Waals surface area contributed by atoms with Gasteiger partial charge in [0.1, 0.15) is 5.71 Å². The summed E-state index contributed by atoms with van der Waals surface area (Å²) in [6, 6.07) is 0. The van der Waals surface area contributed by atoms with Crippen LogP contribution >= 0.6 is 0 Å². The molecule has 1 saturated carbocycles. The SMILES string of the molecule is O=C1CCC(C(=O)NCC2CCC(O)CC2)=NN1. The Bertz CT molecular complexity index is 360. The van der Waals surface area contributed by atoms with Crippen LogP contribution in [0.4, 0.5) is 0 Å². The van der Waals surface area contributed by atoms with E-state index in [0.29, 0.717) is 31.0 Å². The van der Waals surface area contributed by atoms with E-state index >= 15 is 0 Å². The van der Waals surface area contributed by atoms with Gasteiger partial charge in [-0.25, -0.2) is 5.43 Å². The molecule has 1 fully saturated rings.